The van der Waals surface area contributed by atoms with Gasteiger partial charge in [-0.15, -0.1) is 0 Å². The molecule has 2 aromatic carbocycles. The highest BCUT2D eigenvalue weighted by Gasteiger charge is 2.50. The van der Waals surface area contributed by atoms with Crippen molar-refractivity contribution in [2.75, 3.05) is 26.2 Å². The fourth-order valence-corrected chi connectivity index (χ4v) is 6.40. The van der Waals surface area contributed by atoms with Gasteiger partial charge in [-0.2, -0.15) is 4.31 Å². The molecular formula is C24H29FN2O3S. The van der Waals surface area contributed by atoms with Gasteiger partial charge in [-0.3, -0.25) is 4.90 Å². The maximum Gasteiger partial charge on any atom is 0.243 e. The highest BCUT2D eigenvalue weighted by molar-refractivity contribution is 7.89. The van der Waals surface area contributed by atoms with Gasteiger partial charge in [-0.1, -0.05) is 36.4 Å². The molecule has 2 aliphatic rings. The average Bonchev–Trinajstić information content (AvgIpc) is 2.74. The number of rotatable bonds is 5. The Morgan fingerprint density at radius 1 is 1.06 bits per heavy atom. The number of aliphatic hydroxyl groups is 1. The van der Waals surface area contributed by atoms with E-state index in [0.29, 0.717) is 13.1 Å². The Kier molecular flexibility index (Phi) is 6.57. The molecule has 0 amide bonds. The largest absolute Gasteiger partial charge is 0.395 e. The lowest BCUT2D eigenvalue weighted by Gasteiger charge is -2.57. The van der Waals surface area contributed by atoms with Crippen molar-refractivity contribution in [3.63, 3.8) is 0 Å². The number of sulfonamides is 1. The van der Waals surface area contributed by atoms with Crippen LogP contribution >= 0.6 is 0 Å². The third-order valence-corrected chi connectivity index (χ3v) is 8.34. The summed E-state index contributed by atoms with van der Waals surface area (Å²) in [4.78, 5) is 2.36. The fraction of sp³-hybridized carbons (Fsp3) is 0.417. The molecule has 2 saturated heterocycles. The van der Waals surface area contributed by atoms with Crippen molar-refractivity contribution in [3.05, 3.63) is 71.6 Å². The molecule has 7 heteroatoms. The molecule has 0 spiro atoms. The van der Waals surface area contributed by atoms with Crippen molar-refractivity contribution in [1.29, 1.82) is 0 Å². The summed E-state index contributed by atoms with van der Waals surface area (Å²) in [5, 5.41) is 10.1. The van der Waals surface area contributed by atoms with Crippen molar-refractivity contribution in [2.24, 2.45) is 0 Å². The van der Waals surface area contributed by atoms with E-state index in [9.17, 15) is 17.9 Å². The van der Waals surface area contributed by atoms with E-state index in [4.69, 9.17) is 0 Å². The predicted octanol–water partition coefficient (Wildman–Crippen LogP) is 3.47. The van der Waals surface area contributed by atoms with Gasteiger partial charge < -0.3 is 5.11 Å². The van der Waals surface area contributed by atoms with Crippen LogP contribution in [-0.2, 0) is 10.0 Å². The molecular weight excluding hydrogens is 415 g/mol. The first-order valence-electron chi connectivity index (χ1n) is 10.8. The van der Waals surface area contributed by atoms with E-state index in [-0.39, 0.29) is 29.5 Å². The van der Waals surface area contributed by atoms with Crippen LogP contribution in [0.1, 0.15) is 36.8 Å². The quantitative estimate of drug-likeness (QED) is 0.767. The first-order chi connectivity index (χ1) is 15.0. The molecule has 2 heterocycles. The van der Waals surface area contributed by atoms with Crippen molar-refractivity contribution in [3.8, 4) is 0 Å². The number of nitrogens with zero attached hydrogens (tertiary/aromatic N) is 2. The lowest BCUT2D eigenvalue weighted by Crippen LogP contribution is -2.67. The van der Waals surface area contributed by atoms with E-state index in [1.54, 1.807) is 0 Å². The maximum absolute atomic E-state index is 13.3. The Morgan fingerprint density at radius 2 is 1.74 bits per heavy atom. The molecule has 2 aromatic rings. The molecule has 0 aromatic heterocycles. The average molecular weight is 445 g/mol. The molecule has 4 rings (SSSR count). The zero-order valence-corrected chi connectivity index (χ0v) is 18.5. The molecule has 0 unspecified atom stereocenters. The Balaban J connectivity index is 1.62. The van der Waals surface area contributed by atoms with Crippen LogP contribution in [0, 0.1) is 5.82 Å². The maximum atomic E-state index is 13.3. The van der Waals surface area contributed by atoms with Crippen molar-refractivity contribution >= 4 is 16.1 Å². The van der Waals surface area contributed by atoms with E-state index in [0.717, 1.165) is 30.5 Å². The van der Waals surface area contributed by atoms with Crippen LogP contribution in [0.5, 0.6) is 0 Å². The molecule has 3 atom stereocenters. The minimum Gasteiger partial charge on any atom is -0.395 e. The molecule has 0 aliphatic carbocycles. The summed E-state index contributed by atoms with van der Waals surface area (Å²) >= 11 is 0. The van der Waals surface area contributed by atoms with Crippen LogP contribution in [0.15, 0.2) is 59.5 Å². The highest BCUT2D eigenvalue weighted by Crippen LogP contribution is 2.42. The molecule has 2 aliphatic heterocycles. The Bertz CT molecular complexity index is 1020. The first-order valence-corrected chi connectivity index (χ1v) is 12.2. The summed E-state index contributed by atoms with van der Waals surface area (Å²) < 4.78 is 41.4. The van der Waals surface area contributed by atoms with E-state index in [1.165, 1.54) is 28.6 Å². The van der Waals surface area contributed by atoms with Crippen LogP contribution in [0.2, 0.25) is 0 Å². The molecule has 2 fully saturated rings. The van der Waals surface area contributed by atoms with Gasteiger partial charge in [0.15, 0.2) is 0 Å². The number of hydrogen-bond acceptors (Lipinski definition) is 4. The van der Waals surface area contributed by atoms with Gasteiger partial charge in [-0.25, -0.2) is 12.8 Å². The van der Waals surface area contributed by atoms with Crippen molar-refractivity contribution in [2.45, 2.75) is 42.7 Å². The van der Waals surface area contributed by atoms with Gasteiger partial charge in [0.1, 0.15) is 5.82 Å². The second kappa shape index (κ2) is 9.20. The number of allylic oxidation sites excluding steroid dienone is 1. The van der Waals surface area contributed by atoms with Gasteiger partial charge >= 0.3 is 0 Å². The van der Waals surface area contributed by atoms with E-state index >= 15 is 0 Å². The van der Waals surface area contributed by atoms with Crippen LogP contribution in [-0.4, -0.2) is 61.1 Å². The van der Waals surface area contributed by atoms with Gasteiger partial charge in [0, 0.05) is 31.1 Å². The Morgan fingerprint density at radius 3 is 2.39 bits per heavy atom. The number of halogens is 1. The Hall–Kier alpha value is -2.06. The summed E-state index contributed by atoms with van der Waals surface area (Å²) in [5.41, 5.74) is 2.23. The normalized spacial score (nSPS) is 25.6. The molecule has 0 radical (unpaired) electrons. The molecule has 0 bridgehead atoms. The van der Waals surface area contributed by atoms with Gasteiger partial charge in [0.25, 0.3) is 0 Å². The number of fused-ring (bicyclic) bond motifs is 1. The number of aliphatic hydroxyl groups excluding tert-OH is 1. The van der Waals surface area contributed by atoms with E-state index in [2.05, 4.69) is 29.2 Å². The third-order valence-electron chi connectivity index (χ3n) is 6.46. The molecule has 1 N–H and O–H groups in total. The lowest BCUT2D eigenvalue weighted by atomic mass is 9.74. The van der Waals surface area contributed by atoms with E-state index in [1.807, 2.05) is 19.1 Å². The zero-order chi connectivity index (χ0) is 22.0. The molecule has 31 heavy (non-hydrogen) atoms. The minimum atomic E-state index is -3.72. The van der Waals surface area contributed by atoms with Gasteiger partial charge in [0.05, 0.1) is 11.5 Å². The standard InChI is InChI=1S/C24H29FN2O3S/c1-2-5-18-6-8-19(9-7-18)24-22-16-26(14-3-4-15-27(22)23(24)17-28)31(29,30)21-12-10-20(25)11-13-21/h2,5-13,22-24,28H,3-4,14-17H2,1H3/b5-2+/t22-,23-,24-/m0/s1. The Labute approximate surface area is 183 Å². The highest BCUT2D eigenvalue weighted by atomic mass is 32.2. The predicted molar refractivity (Wildman–Crippen MR) is 120 cm³/mol. The molecule has 5 nitrogen and oxygen atoms in total. The third kappa shape index (κ3) is 4.32. The molecule has 166 valence electrons. The monoisotopic (exact) mass is 444 g/mol. The zero-order valence-electron chi connectivity index (χ0n) is 17.7. The lowest BCUT2D eigenvalue weighted by molar-refractivity contribution is -0.0553. The summed E-state index contributed by atoms with van der Waals surface area (Å²) in [6.07, 6.45) is 5.65. The smallest absolute Gasteiger partial charge is 0.243 e. The SMILES string of the molecule is C/C=C/c1ccc([C@@H]2[C@H](CO)N3CCCCN(S(=O)(=O)c4ccc(F)cc4)C[C@@H]23)cc1. The van der Waals surface area contributed by atoms with Crippen LogP contribution in [0.3, 0.4) is 0 Å². The second-order valence-corrected chi connectivity index (χ2v) is 10.2. The van der Waals surface area contributed by atoms with Gasteiger partial charge in [-0.05, 0) is 61.7 Å². The second-order valence-electron chi connectivity index (χ2n) is 8.27. The number of benzene rings is 2. The van der Waals surface area contributed by atoms with Crippen LogP contribution < -0.4 is 0 Å². The summed E-state index contributed by atoms with van der Waals surface area (Å²) in [7, 11) is -3.72. The topological polar surface area (TPSA) is 60.9 Å². The van der Waals surface area contributed by atoms with Crippen LogP contribution in [0.25, 0.3) is 6.08 Å². The number of hydrogen-bond donors (Lipinski definition) is 1. The summed E-state index contributed by atoms with van der Waals surface area (Å²) in [6, 6.07) is 13.3. The van der Waals surface area contributed by atoms with Crippen molar-refractivity contribution in [1.82, 2.24) is 9.21 Å². The van der Waals surface area contributed by atoms with Crippen LogP contribution in [0.4, 0.5) is 4.39 Å². The molecule has 0 saturated carbocycles. The first kappa shape index (κ1) is 22.1. The fourth-order valence-electron chi connectivity index (χ4n) is 4.90. The summed E-state index contributed by atoms with van der Waals surface area (Å²) in [5.74, 6) is -0.391. The van der Waals surface area contributed by atoms with Gasteiger partial charge in [0.2, 0.25) is 10.0 Å². The van der Waals surface area contributed by atoms with E-state index < -0.39 is 15.8 Å². The minimum absolute atomic E-state index is 0.000223. The summed E-state index contributed by atoms with van der Waals surface area (Å²) in [6.45, 7) is 3.68. The van der Waals surface area contributed by atoms with Crippen molar-refractivity contribution < 1.29 is 17.9 Å².